The van der Waals surface area contributed by atoms with Crippen molar-refractivity contribution in [2.45, 2.75) is 6.10 Å². The molecule has 0 aromatic heterocycles. The van der Waals surface area contributed by atoms with Crippen molar-refractivity contribution in [3.63, 3.8) is 0 Å². The lowest BCUT2D eigenvalue weighted by Gasteiger charge is -1.96. The Balaban J connectivity index is -0.000000135. The third-order valence-electron chi connectivity index (χ3n) is 0.621. The van der Waals surface area contributed by atoms with E-state index in [2.05, 4.69) is 0 Å². The molecule has 0 rings (SSSR count). The van der Waals surface area contributed by atoms with E-state index in [1.165, 1.54) is 0 Å². The summed E-state index contributed by atoms with van der Waals surface area (Å²) in [6.45, 7) is -1.23. The number of aliphatic hydroxyl groups is 7. The zero-order valence-corrected chi connectivity index (χ0v) is 7.95. The maximum absolute atomic E-state index is 8.17. The van der Waals surface area contributed by atoms with Gasteiger partial charge in [0.1, 0.15) is 6.10 Å². The molecule has 0 amide bonds. The normalized spacial score (nSPS) is 8.57. The van der Waals surface area contributed by atoms with Gasteiger partial charge in [-0.2, -0.15) is 0 Å². The molecule has 14 heavy (non-hydrogen) atoms. The molecular formula is C7H20O7. The van der Waals surface area contributed by atoms with Crippen molar-refractivity contribution in [2.75, 3.05) is 39.6 Å². The second-order valence-corrected chi connectivity index (χ2v) is 1.91. The highest BCUT2D eigenvalue weighted by Gasteiger charge is 1.93. The topological polar surface area (TPSA) is 142 Å². The van der Waals surface area contributed by atoms with Crippen molar-refractivity contribution in [3.05, 3.63) is 0 Å². The average Bonchev–Trinajstić information content (AvgIpc) is 2.28. The fourth-order valence-corrected chi connectivity index (χ4v) is 0.0577. The van der Waals surface area contributed by atoms with Crippen LogP contribution in [0, 0.1) is 0 Å². The minimum atomic E-state index is -0.954. The first-order valence-corrected chi connectivity index (χ1v) is 3.97. The lowest BCUT2D eigenvalue weighted by atomic mass is 10.4. The van der Waals surface area contributed by atoms with Gasteiger partial charge in [0.25, 0.3) is 0 Å². The SMILES string of the molecule is OCC(O)CO.OCCO.OCCO. The lowest BCUT2D eigenvalue weighted by Crippen LogP contribution is -2.15. The number of rotatable bonds is 4. The average molecular weight is 216 g/mol. The fraction of sp³-hybridized carbons (Fsp3) is 1.00. The quantitative estimate of drug-likeness (QED) is 0.256. The molecule has 7 heteroatoms. The molecule has 0 spiro atoms. The van der Waals surface area contributed by atoms with Gasteiger partial charge >= 0.3 is 0 Å². The minimum Gasteiger partial charge on any atom is -0.394 e. The van der Waals surface area contributed by atoms with Crippen LogP contribution in [0.1, 0.15) is 0 Å². The van der Waals surface area contributed by atoms with Gasteiger partial charge in [0.2, 0.25) is 0 Å². The first-order valence-electron chi connectivity index (χ1n) is 3.97. The van der Waals surface area contributed by atoms with Gasteiger partial charge in [0.15, 0.2) is 0 Å². The first-order chi connectivity index (χ1) is 6.64. The van der Waals surface area contributed by atoms with Gasteiger partial charge in [-0.15, -0.1) is 0 Å². The summed E-state index contributed by atoms with van der Waals surface area (Å²) in [5, 5.41) is 54.5. The maximum Gasteiger partial charge on any atom is 0.100 e. The van der Waals surface area contributed by atoms with Gasteiger partial charge in [-0.3, -0.25) is 0 Å². The van der Waals surface area contributed by atoms with Crippen LogP contribution in [0.4, 0.5) is 0 Å². The molecule has 0 saturated carbocycles. The summed E-state index contributed by atoms with van der Waals surface area (Å²) in [6, 6.07) is 0. The molecule has 0 aliphatic heterocycles. The monoisotopic (exact) mass is 216 g/mol. The van der Waals surface area contributed by atoms with Gasteiger partial charge in [0.05, 0.1) is 39.6 Å². The van der Waals surface area contributed by atoms with Crippen LogP contribution in [0.5, 0.6) is 0 Å². The molecule has 0 unspecified atom stereocenters. The molecule has 0 radical (unpaired) electrons. The van der Waals surface area contributed by atoms with Crippen molar-refractivity contribution >= 4 is 0 Å². The Bertz CT molecular complexity index is 59.1. The van der Waals surface area contributed by atoms with Crippen LogP contribution in [-0.2, 0) is 0 Å². The molecule has 7 N–H and O–H groups in total. The first kappa shape index (κ1) is 19.3. The molecule has 0 aromatic rings. The van der Waals surface area contributed by atoms with Gasteiger partial charge in [0, 0.05) is 0 Å². The molecule has 90 valence electrons. The molecule has 7 nitrogen and oxygen atoms in total. The predicted molar refractivity (Wildman–Crippen MR) is 48.5 cm³/mol. The molecular weight excluding hydrogens is 196 g/mol. The highest BCUT2D eigenvalue weighted by molar-refractivity contribution is 4.43. The summed E-state index contributed by atoms with van der Waals surface area (Å²) < 4.78 is 0. The molecule has 0 aliphatic rings. The Morgan fingerprint density at radius 2 is 0.786 bits per heavy atom. The van der Waals surface area contributed by atoms with E-state index in [-0.39, 0.29) is 39.6 Å². The van der Waals surface area contributed by atoms with Crippen molar-refractivity contribution in [1.82, 2.24) is 0 Å². The van der Waals surface area contributed by atoms with Crippen molar-refractivity contribution in [2.24, 2.45) is 0 Å². The van der Waals surface area contributed by atoms with Crippen LogP contribution in [0.2, 0.25) is 0 Å². The van der Waals surface area contributed by atoms with Crippen LogP contribution in [0.25, 0.3) is 0 Å². The predicted octanol–water partition coefficient (Wildman–Crippen LogP) is -3.73. The zero-order valence-electron chi connectivity index (χ0n) is 7.95. The second-order valence-electron chi connectivity index (χ2n) is 1.91. The van der Waals surface area contributed by atoms with Crippen LogP contribution < -0.4 is 0 Å². The molecule has 0 saturated heterocycles. The summed E-state index contributed by atoms with van der Waals surface area (Å²) in [6.07, 6.45) is -0.954. The molecule has 0 atom stereocenters. The van der Waals surface area contributed by atoms with E-state index >= 15 is 0 Å². The molecule has 0 bridgehead atoms. The summed E-state index contributed by atoms with van der Waals surface area (Å²) in [5.74, 6) is 0. The smallest absolute Gasteiger partial charge is 0.100 e. The van der Waals surface area contributed by atoms with E-state index in [9.17, 15) is 0 Å². The number of aliphatic hydroxyl groups excluding tert-OH is 7. The summed E-state index contributed by atoms with van der Waals surface area (Å²) in [7, 11) is 0. The van der Waals surface area contributed by atoms with Gasteiger partial charge < -0.3 is 35.7 Å². The Labute approximate surface area is 82.5 Å². The van der Waals surface area contributed by atoms with E-state index in [4.69, 9.17) is 35.7 Å². The van der Waals surface area contributed by atoms with Crippen LogP contribution in [0.15, 0.2) is 0 Å². The van der Waals surface area contributed by atoms with Gasteiger partial charge in [-0.1, -0.05) is 0 Å². The van der Waals surface area contributed by atoms with Crippen LogP contribution in [-0.4, -0.2) is 81.5 Å². The Hall–Kier alpha value is -0.280. The van der Waals surface area contributed by atoms with E-state index in [0.717, 1.165) is 0 Å². The summed E-state index contributed by atoms with van der Waals surface area (Å²) >= 11 is 0. The van der Waals surface area contributed by atoms with Crippen molar-refractivity contribution in [1.29, 1.82) is 0 Å². The van der Waals surface area contributed by atoms with E-state index in [1.807, 2.05) is 0 Å². The Morgan fingerprint density at radius 3 is 0.786 bits per heavy atom. The van der Waals surface area contributed by atoms with Gasteiger partial charge in [-0.05, 0) is 0 Å². The highest BCUT2D eigenvalue weighted by Crippen LogP contribution is 1.71. The largest absolute Gasteiger partial charge is 0.394 e. The second kappa shape index (κ2) is 23.0. The van der Waals surface area contributed by atoms with E-state index < -0.39 is 6.10 Å². The molecule has 0 heterocycles. The number of hydrogen-bond acceptors (Lipinski definition) is 7. The highest BCUT2D eigenvalue weighted by atomic mass is 16.3. The van der Waals surface area contributed by atoms with Crippen molar-refractivity contribution in [3.8, 4) is 0 Å². The molecule has 0 aliphatic carbocycles. The number of hydrogen-bond donors (Lipinski definition) is 7. The van der Waals surface area contributed by atoms with Crippen LogP contribution in [0.3, 0.4) is 0 Å². The Morgan fingerprint density at radius 1 is 0.571 bits per heavy atom. The third kappa shape index (κ3) is 41.2. The van der Waals surface area contributed by atoms with Gasteiger partial charge in [-0.25, -0.2) is 0 Å². The van der Waals surface area contributed by atoms with E-state index in [1.54, 1.807) is 0 Å². The van der Waals surface area contributed by atoms with E-state index in [0.29, 0.717) is 0 Å². The van der Waals surface area contributed by atoms with Crippen LogP contribution >= 0.6 is 0 Å². The minimum absolute atomic E-state index is 0.125. The lowest BCUT2D eigenvalue weighted by molar-refractivity contribution is 0.0450. The standard InChI is InChI=1S/C3H8O3.2C2H6O2/c4-1-3(6)2-5;2*3-1-2-4/h3-6H,1-2H2;2*3-4H,1-2H2. The maximum atomic E-state index is 8.17. The summed E-state index contributed by atoms with van der Waals surface area (Å²) in [4.78, 5) is 0. The van der Waals surface area contributed by atoms with Crippen molar-refractivity contribution < 1.29 is 35.7 Å². The molecule has 0 aromatic carbocycles. The molecule has 0 fully saturated rings. The Kier molecular flexibility index (Phi) is 31.7. The third-order valence-corrected chi connectivity index (χ3v) is 0.621. The summed E-state index contributed by atoms with van der Waals surface area (Å²) in [5.41, 5.74) is 0. The zero-order chi connectivity index (χ0) is 11.8. The fourth-order valence-electron chi connectivity index (χ4n) is 0.0577.